The second-order valence-corrected chi connectivity index (χ2v) is 7.01. The van der Waals surface area contributed by atoms with E-state index in [4.69, 9.17) is 7.85 Å². The minimum absolute atomic E-state index is 0.223. The number of hydrogen-bond acceptors (Lipinski definition) is 8. The third-order valence-electron chi connectivity index (χ3n) is 2.85. The Labute approximate surface area is 137 Å². The number of benzene rings is 1. The van der Waals surface area contributed by atoms with E-state index >= 15 is 0 Å². The van der Waals surface area contributed by atoms with Crippen molar-refractivity contribution in [2.24, 2.45) is 0 Å². The molecule has 24 heavy (non-hydrogen) atoms. The quantitative estimate of drug-likeness (QED) is 0.484. The summed E-state index contributed by atoms with van der Waals surface area (Å²) < 4.78 is 37.3. The lowest BCUT2D eigenvalue weighted by Crippen LogP contribution is -2.46. The Balaban J connectivity index is 2.15. The molecule has 124 valence electrons. The molecule has 0 saturated heterocycles. The SMILES string of the molecule is [B]c1nnc(NC(=O)[C@@](C)(O)CS(=O)(=O)c2ccc(F)cc2)nn1. The van der Waals surface area contributed by atoms with E-state index in [2.05, 4.69) is 25.7 Å². The summed E-state index contributed by atoms with van der Waals surface area (Å²) in [5.74, 6) is -2.98. The predicted octanol–water partition coefficient (Wildman–Crippen LogP) is -1.64. The second-order valence-electron chi connectivity index (χ2n) is 5.02. The summed E-state index contributed by atoms with van der Waals surface area (Å²) in [5.41, 5.74) is -2.53. The highest BCUT2D eigenvalue weighted by atomic mass is 32.2. The normalized spacial score (nSPS) is 14.0. The highest BCUT2D eigenvalue weighted by Crippen LogP contribution is 2.18. The van der Waals surface area contributed by atoms with Crippen LogP contribution < -0.4 is 11.0 Å². The van der Waals surface area contributed by atoms with E-state index in [1.165, 1.54) is 0 Å². The van der Waals surface area contributed by atoms with Gasteiger partial charge in [-0.1, -0.05) is 0 Å². The van der Waals surface area contributed by atoms with Crippen molar-refractivity contribution in [2.75, 3.05) is 11.1 Å². The molecule has 1 heterocycles. The molecule has 1 aromatic heterocycles. The van der Waals surface area contributed by atoms with Crippen molar-refractivity contribution in [3.8, 4) is 0 Å². The zero-order chi connectivity index (χ0) is 18.0. The van der Waals surface area contributed by atoms with Gasteiger partial charge in [-0.15, -0.1) is 20.4 Å². The van der Waals surface area contributed by atoms with E-state index in [1.807, 2.05) is 0 Å². The Hall–Kier alpha value is -2.47. The first kappa shape index (κ1) is 17.9. The van der Waals surface area contributed by atoms with Gasteiger partial charge in [-0.25, -0.2) is 12.8 Å². The van der Waals surface area contributed by atoms with Crippen LogP contribution in [0.4, 0.5) is 10.3 Å². The molecule has 2 N–H and O–H groups in total. The van der Waals surface area contributed by atoms with Crippen LogP contribution in [0.5, 0.6) is 0 Å². The molecular weight excluding hydrogens is 340 g/mol. The van der Waals surface area contributed by atoms with Gasteiger partial charge in [0.2, 0.25) is 0 Å². The maximum absolute atomic E-state index is 12.9. The fourth-order valence-electron chi connectivity index (χ4n) is 1.68. The van der Waals surface area contributed by atoms with Crippen molar-refractivity contribution >= 4 is 35.3 Å². The van der Waals surface area contributed by atoms with E-state index < -0.39 is 32.9 Å². The Kier molecular flexibility index (Phi) is 4.90. The molecule has 2 aromatic rings. The Morgan fingerprint density at radius 3 is 2.33 bits per heavy atom. The summed E-state index contributed by atoms with van der Waals surface area (Å²) in [5, 5.41) is 25.8. The van der Waals surface area contributed by atoms with Crippen molar-refractivity contribution in [2.45, 2.75) is 17.4 Å². The standard InChI is InChI=1S/C12H11BFN5O4S/c1-12(21,9(20)15-11-18-16-10(13)17-19-11)6-24(22,23)8-4-2-7(14)3-5-8/h2-5,21H,6H2,1H3,(H,15,18,19,20)/t12-/m0/s1. The number of carbonyl (C=O) groups is 1. The van der Waals surface area contributed by atoms with Crippen LogP contribution in [0.3, 0.4) is 0 Å². The van der Waals surface area contributed by atoms with Crippen molar-refractivity contribution in [3.05, 3.63) is 30.1 Å². The van der Waals surface area contributed by atoms with E-state index in [0.29, 0.717) is 0 Å². The number of aromatic nitrogens is 4. The van der Waals surface area contributed by atoms with Crippen LogP contribution in [0.1, 0.15) is 6.92 Å². The summed E-state index contributed by atoms with van der Waals surface area (Å²) in [6, 6.07) is 3.99. The Morgan fingerprint density at radius 1 is 1.25 bits per heavy atom. The summed E-state index contributed by atoms with van der Waals surface area (Å²) in [7, 11) is 1.14. The fourth-order valence-corrected chi connectivity index (χ4v) is 3.27. The molecule has 1 atom stereocenters. The molecule has 2 rings (SSSR count). The van der Waals surface area contributed by atoms with Crippen LogP contribution in [0, 0.1) is 5.82 Å². The van der Waals surface area contributed by atoms with E-state index in [9.17, 15) is 22.7 Å². The van der Waals surface area contributed by atoms with E-state index in [0.717, 1.165) is 31.2 Å². The molecule has 0 aliphatic rings. The van der Waals surface area contributed by atoms with Gasteiger partial charge in [-0.2, -0.15) is 0 Å². The minimum atomic E-state index is -4.05. The molecule has 1 amide bonds. The van der Waals surface area contributed by atoms with Gasteiger partial charge >= 0.3 is 0 Å². The van der Waals surface area contributed by atoms with Crippen LogP contribution in [0.2, 0.25) is 0 Å². The predicted molar refractivity (Wildman–Crippen MR) is 80.7 cm³/mol. The number of rotatable bonds is 5. The van der Waals surface area contributed by atoms with Crippen molar-refractivity contribution in [1.29, 1.82) is 0 Å². The maximum Gasteiger partial charge on any atom is 0.268 e. The number of sulfone groups is 1. The molecule has 0 unspecified atom stereocenters. The molecule has 2 radical (unpaired) electrons. The Morgan fingerprint density at radius 2 is 1.79 bits per heavy atom. The van der Waals surface area contributed by atoms with Gasteiger partial charge in [-0.05, 0) is 31.2 Å². The van der Waals surface area contributed by atoms with E-state index in [1.54, 1.807) is 0 Å². The number of anilines is 1. The van der Waals surface area contributed by atoms with Gasteiger partial charge in [0.25, 0.3) is 11.9 Å². The lowest BCUT2D eigenvalue weighted by Gasteiger charge is -2.21. The second kappa shape index (κ2) is 6.57. The van der Waals surface area contributed by atoms with Crippen LogP contribution in [-0.4, -0.2) is 59.0 Å². The number of nitrogens with zero attached hydrogens (tertiary/aromatic N) is 4. The van der Waals surface area contributed by atoms with Gasteiger partial charge in [0, 0.05) is 0 Å². The molecule has 0 aliphatic heterocycles. The first-order valence-electron chi connectivity index (χ1n) is 6.45. The topological polar surface area (TPSA) is 135 Å². The summed E-state index contributed by atoms with van der Waals surface area (Å²) in [6.45, 7) is 1.00. The summed E-state index contributed by atoms with van der Waals surface area (Å²) >= 11 is 0. The minimum Gasteiger partial charge on any atom is -0.379 e. The first-order valence-corrected chi connectivity index (χ1v) is 8.10. The molecule has 0 fully saturated rings. The maximum atomic E-state index is 12.9. The number of halogens is 1. The molecule has 1 aromatic carbocycles. The van der Waals surface area contributed by atoms with Crippen LogP contribution in [0.25, 0.3) is 0 Å². The summed E-state index contributed by atoms with van der Waals surface area (Å²) in [4.78, 5) is 11.8. The van der Waals surface area contributed by atoms with E-state index in [-0.39, 0.29) is 16.6 Å². The first-order chi connectivity index (χ1) is 11.1. The lowest BCUT2D eigenvalue weighted by molar-refractivity contribution is -0.130. The van der Waals surface area contributed by atoms with Crippen molar-refractivity contribution in [3.63, 3.8) is 0 Å². The zero-order valence-corrected chi connectivity index (χ0v) is 13.2. The molecule has 0 aliphatic carbocycles. The van der Waals surface area contributed by atoms with Crippen LogP contribution in [0.15, 0.2) is 29.2 Å². The average molecular weight is 351 g/mol. The molecular formula is C12H11BFN5O4S. The molecule has 0 saturated carbocycles. The number of carbonyl (C=O) groups excluding carboxylic acids is 1. The van der Waals surface area contributed by atoms with Crippen LogP contribution >= 0.6 is 0 Å². The molecule has 9 nitrogen and oxygen atoms in total. The van der Waals surface area contributed by atoms with Gasteiger partial charge < -0.3 is 5.11 Å². The molecule has 12 heteroatoms. The molecule has 0 bridgehead atoms. The monoisotopic (exact) mass is 351 g/mol. The van der Waals surface area contributed by atoms with Gasteiger partial charge in [0.15, 0.2) is 23.3 Å². The number of nitrogens with one attached hydrogen (secondary N) is 1. The Bertz CT molecular complexity index is 843. The third kappa shape index (κ3) is 4.29. The molecule has 0 spiro atoms. The average Bonchev–Trinajstić information content (AvgIpc) is 2.49. The smallest absolute Gasteiger partial charge is 0.268 e. The van der Waals surface area contributed by atoms with Gasteiger partial charge in [0.05, 0.1) is 10.6 Å². The van der Waals surface area contributed by atoms with Gasteiger partial charge in [-0.3, -0.25) is 10.1 Å². The lowest BCUT2D eigenvalue weighted by atomic mass is 10.1. The van der Waals surface area contributed by atoms with Gasteiger partial charge in [0.1, 0.15) is 11.5 Å². The highest BCUT2D eigenvalue weighted by molar-refractivity contribution is 7.91. The third-order valence-corrected chi connectivity index (χ3v) is 4.79. The number of aliphatic hydroxyl groups is 1. The summed E-state index contributed by atoms with van der Waals surface area (Å²) in [6.07, 6.45) is 0. The highest BCUT2D eigenvalue weighted by Gasteiger charge is 2.37. The van der Waals surface area contributed by atoms with Crippen molar-refractivity contribution in [1.82, 2.24) is 20.4 Å². The largest absolute Gasteiger partial charge is 0.379 e. The zero-order valence-electron chi connectivity index (χ0n) is 12.3. The van der Waals surface area contributed by atoms with Crippen LogP contribution in [-0.2, 0) is 14.6 Å². The number of hydrogen-bond donors (Lipinski definition) is 2. The number of amides is 1. The fraction of sp³-hybridized carbons (Fsp3) is 0.250. The van der Waals surface area contributed by atoms with Crippen molar-refractivity contribution < 1.29 is 22.7 Å².